The van der Waals surface area contributed by atoms with E-state index in [4.69, 9.17) is 0 Å². The van der Waals surface area contributed by atoms with Crippen molar-refractivity contribution in [1.29, 1.82) is 0 Å². The molecule has 0 saturated heterocycles. The van der Waals surface area contributed by atoms with Gasteiger partial charge in [-0.15, -0.1) is 0 Å². The molecule has 6 rings (SSSR count). The van der Waals surface area contributed by atoms with Crippen molar-refractivity contribution in [3.05, 3.63) is 150 Å². The normalized spacial score (nSPS) is 11.9. The van der Waals surface area contributed by atoms with E-state index in [9.17, 15) is 0 Å². The molecule has 0 spiro atoms. The first-order chi connectivity index (χ1) is 28.5. The molecule has 0 aliphatic heterocycles. The molecule has 318 valence electrons. The standard InChI is InChI=1S/C60H74Ge/c1-31(2)47-29-48(32(3)4)56(52-41(15)23-36(10)24-42(52)16)59(55(47)51-39(13)21-35(9)22-40(51)14)61-60-57(53-43(17)25-37(11)26-44(53)18)49(33(5)6)30-50(34(7)8)58(60)54-45(19)27-38(12)28-46(54)20/h21-34H,1-20H3. The second kappa shape index (κ2) is 17.9. The predicted molar refractivity (Wildman–Crippen MR) is 273 cm³/mol. The van der Waals surface area contributed by atoms with Gasteiger partial charge in [0.15, 0.2) is 0 Å². The zero-order valence-electron chi connectivity index (χ0n) is 41.6. The van der Waals surface area contributed by atoms with Gasteiger partial charge in [-0.05, 0) is 0 Å². The summed E-state index contributed by atoms with van der Waals surface area (Å²) < 4.78 is 3.20. The molecule has 0 amide bonds. The Morgan fingerprint density at radius 2 is 0.410 bits per heavy atom. The van der Waals surface area contributed by atoms with Gasteiger partial charge in [0.2, 0.25) is 0 Å². The fourth-order valence-electron chi connectivity index (χ4n) is 11.0. The minimum atomic E-state index is -1.09. The molecule has 0 fully saturated rings. The number of rotatable bonds is 10. The Kier molecular flexibility index (Phi) is 13.6. The summed E-state index contributed by atoms with van der Waals surface area (Å²) in [5.74, 6) is 1.40. The summed E-state index contributed by atoms with van der Waals surface area (Å²) in [5, 5.41) is 0. The Bertz CT molecular complexity index is 2220. The second-order valence-corrected chi connectivity index (χ2v) is 22.8. The third-order valence-electron chi connectivity index (χ3n) is 13.2. The zero-order chi connectivity index (χ0) is 45.1. The van der Waals surface area contributed by atoms with Crippen LogP contribution in [-0.4, -0.2) is 15.4 Å². The van der Waals surface area contributed by atoms with Gasteiger partial charge in [0.25, 0.3) is 0 Å². The summed E-state index contributed by atoms with van der Waals surface area (Å²) in [6.45, 7) is 47.4. The fourth-order valence-corrected chi connectivity index (χ4v) is 14.9. The van der Waals surface area contributed by atoms with E-state index in [1.807, 2.05) is 0 Å². The Balaban J connectivity index is 2.02. The van der Waals surface area contributed by atoms with Gasteiger partial charge in [0, 0.05) is 0 Å². The average Bonchev–Trinajstić information content (AvgIpc) is 3.11. The van der Waals surface area contributed by atoms with Crippen molar-refractivity contribution in [2.45, 2.75) is 162 Å². The van der Waals surface area contributed by atoms with Gasteiger partial charge in [-0.2, -0.15) is 0 Å². The van der Waals surface area contributed by atoms with Crippen molar-refractivity contribution in [3.8, 4) is 44.5 Å². The molecule has 0 unspecified atom stereocenters. The van der Waals surface area contributed by atoms with E-state index in [1.165, 1.54) is 134 Å². The van der Waals surface area contributed by atoms with Crippen LogP contribution in [0.1, 0.15) is 168 Å². The molecule has 61 heavy (non-hydrogen) atoms. The van der Waals surface area contributed by atoms with E-state index in [2.05, 4.69) is 199 Å². The van der Waals surface area contributed by atoms with E-state index >= 15 is 0 Å². The van der Waals surface area contributed by atoms with Crippen LogP contribution >= 0.6 is 0 Å². The van der Waals surface area contributed by atoms with E-state index in [-0.39, 0.29) is 0 Å². The molecule has 0 aliphatic carbocycles. The molecule has 2 radical (unpaired) electrons. The van der Waals surface area contributed by atoms with Gasteiger partial charge in [-0.3, -0.25) is 0 Å². The number of hydrogen-bond donors (Lipinski definition) is 0. The number of hydrogen-bond acceptors (Lipinski definition) is 0. The van der Waals surface area contributed by atoms with Gasteiger partial charge < -0.3 is 0 Å². The Labute approximate surface area is 378 Å². The summed E-state index contributed by atoms with van der Waals surface area (Å²) in [5.41, 5.74) is 34.0. The number of benzene rings is 6. The SMILES string of the molecule is Cc1cc(C)c(-c2c(C(C)C)cc(C(C)C)c(-c3c(C)cc(C)cc3C)[c]2[Ge][c]2c(-c3c(C)cc(C)cc3C)c(C(C)C)cc(C(C)C)c2-c2c(C)cc(C)cc2C)c(C)c1. The summed E-state index contributed by atoms with van der Waals surface area (Å²) >= 11 is -1.09. The first-order valence-electron chi connectivity index (χ1n) is 23.0. The topological polar surface area (TPSA) is 0 Å². The van der Waals surface area contributed by atoms with Crippen molar-refractivity contribution >= 4 is 24.2 Å². The first kappa shape index (κ1) is 46.4. The van der Waals surface area contributed by atoms with Crippen LogP contribution in [0.4, 0.5) is 0 Å². The van der Waals surface area contributed by atoms with E-state index in [0.717, 1.165) is 0 Å². The molecular formula is C60H74Ge. The third kappa shape index (κ3) is 8.78. The van der Waals surface area contributed by atoms with Gasteiger partial charge in [0.1, 0.15) is 0 Å². The molecule has 0 nitrogen and oxygen atoms in total. The molecule has 0 saturated carbocycles. The van der Waals surface area contributed by atoms with Crippen LogP contribution < -0.4 is 8.79 Å². The van der Waals surface area contributed by atoms with Crippen LogP contribution in [0, 0.1) is 83.1 Å². The molecule has 6 aromatic carbocycles. The third-order valence-corrected chi connectivity index (χ3v) is 16.4. The number of aryl methyl sites for hydroxylation is 12. The van der Waals surface area contributed by atoms with Crippen molar-refractivity contribution in [2.24, 2.45) is 0 Å². The Morgan fingerprint density at radius 3 is 0.557 bits per heavy atom. The van der Waals surface area contributed by atoms with Crippen LogP contribution in [0.2, 0.25) is 0 Å². The molecule has 6 aromatic rings. The molecule has 0 atom stereocenters. The monoisotopic (exact) mass is 869 g/mol. The zero-order valence-corrected chi connectivity index (χ0v) is 43.7. The van der Waals surface area contributed by atoms with Crippen LogP contribution in [0.3, 0.4) is 0 Å². The molecule has 0 aromatic heterocycles. The molecule has 0 aliphatic rings. The second-order valence-electron chi connectivity index (χ2n) is 20.2. The van der Waals surface area contributed by atoms with Crippen molar-refractivity contribution in [3.63, 3.8) is 0 Å². The van der Waals surface area contributed by atoms with Crippen LogP contribution in [0.25, 0.3) is 44.5 Å². The summed E-state index contributed by atoms with van der Waals surface area (Å²) in [6.07, 6.45) is 0. The van der Waals surface area contributed by atoms with Crippen molar-refractivity contribution in [2.75, 3.05) is 0 Å². The van der Waals surface area contributed by atoms with E-state index < -0.39 is 15.4 Å². The molecule has 0 N–H and O–H groups in total. The Hall–Kier alpha value is -4.14. The van der Waals surface area contributed by atoms with Crippen LogP contribution in [-0.2, 0) is 0 Å². The minimum absolute atomic E-state index is 0.350. The summed E-state index contributed by atoms with van der Waals surface area (Å²) in [7, 11) is 0. The molecule has 1 heteroatoms. The van der Waals surface area contributed by atoms with Gasteiger partial charge in [-0.25, -0.2) is 0 Å². The van der Waals surface area contributed by atoms with Gasteiger partial charge in [-0.1, -0.05) is 0 Å². The van der Waals surface area contributed by atoms with E-state index in [1.54, 1.807) is 8.79 Å². The van der Waals surface area contributed by atoms with Gasteiger partial charge >= 0.3 is 381 Å². The van der Waals surface area contributed by atoms with E-state index in [0.29, 0.717) is 23.7 Å². The predicted octanol–water partition coefficient (Wildman–Crippen LogP) is 16.2. The molecular weight excluding hydrogens is 793 g/mol. The van der Waals surface area contributed by atoms with Gasteiger partial charge in [0.05, 0.1) is 0 Å². The fraction of sp³-hybridized carbons (Fsp3) is 0.400. The quantitative estimate of drug-likeness (QED) is 0.120. The van der Waals surface area contributed by atoms with Crippen LogP contribution in [0.15, 0.2) is 60.7 Å². The Morgan fingerprint density at radius 1 is 0.246 bits per heavy atom. The average molecular weight is 868 g/mol. The molecule has 0 heterocycles. The van der Waals surface area contributed by atoms with Crippen molar-refractivity contribution in [1.82, 2.24) is 0 Å². The summed E-state index contributed by atoms with van der Waals surface area (Å²) in [4.78, 5) is 0. The van der Waals surface area contributed by atoms with Crippen molar-refractivity contribution < 1.29 is 0 Å². The maximum absolute atomic E-state index is 2.64. The maximum atomic E-state index is 2.64. The molecule has 0 bridgehead atoms. The summed E-state index contributed by atoms with van der Waals surface area (Å²) in [6, 6.07) is 24.7. The first-order valence-corrected chi connectivity index (χ1v) is 25.1. The van der Waals surface area contributed by atoms with Crippen LogP contribution in [0.5, 0.6) is 0 Å².